The number of halogens is 3. The standard InChI is InChI=1S/C11H14ClF2N/c12-5-1-2-6-15-8-9-3-4-10(13)7-11(9)14/h3-4,7,15H,1-2,5-6,8H2. The van der Waals surface area contributed by atoms with Crippen LogP contribution in [0.3, 0.4) is 0 Å². The molecule has 0 unspecified atom stereocenters. The van der Waals surface area contributed by atoms with Gasteiger partial charge in [0.15, 0.2) is 0 Å². The van der Waals surface area contributed by atoms with Gasteiger partial charge < -0.3 is 5.32 Å². The lowest BCUT2D eigenvalue weighted by atomic mass is 10.2. The third kappa shape index (κ3) is 4.58. The first-order chi connectivity index (χ1) is 7.24. The molecule has 4 heteroatoms. The van der Waals surface area contributed by atoms with E-state index in [-0.39, 0.29) is 0 Å². The average molecular weight is 234 g/mol. The average Bonchev–Trinajstić information content (AvgIpc) is 2.20. The van der Waals surface area contributed by atoms with E-state index in [4.69, 9.17) is 11.6 Å². The zero-order chi connectivity index (χ0) is 11.1. The molecule has 84 valence electrons. The van der Waals surface area contributed by atoms with Crippen LogP contribution < -0.4 is 5.32 Å². The molecule has 0 aliphatic heterocycles. The smallest absolute Gasteiger partial charge is 0.130 e. The Hall–Kier alpha value is -0.670. The normalized spacial score (nSPS) is 10.6. The maximum absolute atomic E-state index is 13.1. The van der Waals surface area contributed by atoms with Crippen molar-refractivity contribution in [2.45, 2.75) is 19.4 Å². The van der Waals surface area contributed by atoms with E-state index in [2.05, 4.69) is 5.32 Å². The van der Waals surface area contributed by atoms with Crippen LogP contribution in [0.5, 0.6) is 0 Å². The van der Waals surface area contributed by atoms with Gasteiger partial charge >= 0.3 is 0 Å². The summed E-state index contributed by atoms with van der Waals surface area (Å²) in [5.74, 6) is -0.398. The van der Waals surface area contributed by atoms with Crippen LogP contribution in [0.2, 0.25) is 0 Å². The molecule has 15 heavy (non-hydrogen) atoms. The lowest BCUT2D eigenvalue weighted by Crippen LogP contribution is -2.15. The van der Waals surface area contributed by atoms with Crippen LogP contribution >= 0.6 is 11.6 Å². The van der Waals surface area contributed by atoms with Crippen molar-refractivity contribution in [1.82, 2.24) is 5.32 Å². The second-order valence-electron chi connectivity index (χ2n) is 3.31. The Bertz CT molecular complexity index is 305. The summed E-state index contributed by atoms with van der Waals surface area (Å²) in [6, 6.07) is 3.62. The molecular formula is C11H14ClF2N. The van der Waals surface area contributed by atoms with Gasteiger partial charge in [-0.05, 0) is 25.5 Å². The van der Waals surface area contributed by atoms with E-state index in [1.165, 1.54) is 12.1 Å². The third-order valence-corrected chi connectivity index (χ3v) is 2.34. The van der Waals surface area contributed by atoms with Crippen molar-refractivity contribution in [2.75, 3.05) is 12.4 Å². The molecule has 0 aliphatic rings. The Labute approximate surface area is 93.4 Å². The molecule has 1 aromatic carbocycles. The Morgan fingerprint density at radius 1 is 1.20 bits per heavy atom. The minimum atomic E-state index is -0.543. The van der Waals surface area contributed by atoms with E-state index in [1.807, 2.05) is 0 Å². The molecule has 0 atom stereocenters. The Morgan fingerprint density at radius 2 is 2.00 bits per heavy atom. The first kappa shape index (κ1) is 12.4. The number of hydrogen-bond donors (Lipinski definition) is 1. The predicted molar refractivity (Wildman–Crippen MR) is 58.0 cm³/mol. The lowest BCUT2D eigenvalue weighted by Gasteiger charge is -2.05. The number of alkyl halides is 1. The Kier molecular flexibility index (Phi) is 5.58. The van der Waals surface area contributed by atoms with Gasteiger partial charge in [-0.1, -0.05) is 6.07 Å². The van der Waals surface area contributed by atoms with E-state index < -0.39 is 11.6 Å². The Morgan fingerprint density at radius 3 is 2.67 bits per heavy atom. The molecule has 0 aromatic heterocycles. The summed E-state index contributed by atoms with van der Waals surface area (Å²) in [5, 5.41) is 3.08. The van der Waals surface area contributed by atoms with E-state index in [0.29, 0.717) is 18.0 Å². The van der Waals surface area contributed by atoms with Crippen molar-refractivity contribution in [3.8, 4) is 0 Å². The van der Waals surface area contributed by atoms with Crippen LogP contribution in [0, 0.1) is 11.6 Å². The van der Waals surface area contributed by atoms with Crippen LogP contribution in [0.15, 0.2) is 18.2 Å². The van der Waals surface area contributed by atoms with Crippen LogP contribution in [0.1, 0.15) is 18.4 Å². The molecule has 0 heterocycles. The largest absolute Gasteiger partial charge is 0.313 e. The van der Waals surface area contributed by atoms with Gasteiger partial charge in [-0.3, -0.25) is 0 Å². The van der Waals surface area contributed by atoms with Gasteiger partial charge in [0.2, 0.25) is 0 Å². The predicted octanol–water partition coefficient (Wildman–Crippen LogP) is 3.07. The first-order valence-electron chi connectivity index (χ1n) is 4.94. The first-order valence-corrected chi connectivity index (χ1v) is 5.48. The van der Waals surface area contributed by atoms with E-state index >= 15 is 0 Å². The summed E-state index contributed by atoms with van der Waals surface area (Å²) in [6.45, 7) is 1.22. The monoisotopic (exact) mass is 233 g/mol. The number of benzene rings is 1. The second kappa shape index (κ2) is 6.75. The highest BCUT2D eigenvalue weighted by atomic mass is 35.5. The highest BCUT2D eigenvalue weighted by Crippen LogP contribution is 2.08. The highest BCUT2D eigenvalue weighted by molar-refractivity contribution is 6.17. The summed E-state index contributed by atoms with van der Waals surface area (Å²) < 4.78 is 25.7. The summed E-state index contributed by atoms with van der Waals surface area (Å²) in [7, 11) is 0. The van der Waals surface area contributed by atoms with Crippen molar-refractivity contribution in [3.63, 3.8) is 0 Å². The lowest BCUT2D eigenvalue weighted by molar-refractivity contribution is 0.557. The van der Waals surface area contributed by atoms with Gasteiger partial charge in [0, 0.05) is 24.1 Å². The fourth-order valence-electron chi connectivity index (χ4n) is 1.23. The molecular weight excluding hydrogens is 220 g/mol. The number of unbranched alkanes of at least 4 members (excludes halogenated alkanes) is 1. The molecule has 0 radical (unpaired) electrons. The van der Waals surface area contributed by atoms with Crippen LogP contribution in [-0.4, -0.2) is 12.4 Å². The maximum Gasteiger partial charge on any atom is 0.130 e. The molecule has 1 nitrogen and oxygen atoms in total. The minimum Gasteiger partial charge on any atom is -0.313 e. The summed E-state index contributed by atoms with van der Waals surface area (Å²) in [4.78, 5) is 0. The number of rotatable bonds is 6. The number of nitrogens with one attached hydrogen (secondary N) is 1. The van der Waals surface area contributed by atoms with E-state index in [9.17, 15) is 8.78 Å². The van der Waals surface area contributed by atoms with Gasteiger partial charge in [0.25, 0.3) is 0 Å². The van der Waals surface area contributed by atoms with Crippen LogP contribution in [0.4, 0.5) is 8.78 Å². The van der Waals surface area contributed by atoms with Crippen molar-refractivity contribution < 1.29 is 8.78 Å². The van der Waals surface area contributed by atoms with Gasteiger partial charge in [-0.15, -0.1) is 11.6 Å². The maximum atomic E-state index is 13.1. The molecule has 1 aromatic rings. The van der Waals surface area contributed by atoms with E-state index in [1.54, 1.807) is 0 Å². The minimum absolute atomic E-state index is 0.425. The van der Waals surface area contributed by atoms with Gasteiger partial charge in [-0.2, -0.15) is 0 Å². The van der Waals surface area contributed by atoms with Gasteiger partial charge in [0.05, 0.1) is 0 Å². The van der Waals surface area contributed by atoms with Gasteiger partial charge in [-0.25, -0.2) is 8.78 Å². The molecule has 0 aliphatic carbocycles. The van der Waals surface area contributed by atoms with Crippen molar-refractivity contribution in [2.24, 2.45) is 0 Å². The van der Waals surface area contributed by atoms with E-state index in [0.717, 1.165) is 25.5 Å². The van der Waals surface area contributed by atoms with Crippen LogP contribution in [0.25, 0.3) is 0 Å². The molecule has 0 saturated heterocycles. The summed E-state index contributed by atoms with van der Waals surface area (Å²) >= 11 is 5.51. The fourth-order valence-corrected chi connectivity index (χ4v) is 1.42. The quantitative estimate of drug-likeness (QED) is 0.588. The van der Waals surface area contributed by atoms with Crippen molar-refractivity contribution in [3.05, 3.63) is 35.4 Å². The van der Waals surface area contributed by atoms with Crippen molar-refractivity contribution in [1.29, 1.82) is 0 Å². The molecule has 0 bridgehead atoms. The molecule has 0 amide bonds. The number of hydrogen-bond acceptors (Lipinski definition) is 1. The Balaban J connectivity index is 2.31. The molecule has 1 rings (SSSR count). The molecule has 0 fully saturated rings. The third-order valence-electron chi connectivity index (χ3n) is 2.07. The SMILES string of the molecule is Fc1ccc(CNCCCCCl)c(F)c1. The molecule has 1 N–H and O–H groups in total. The summed E-state index contributed by atoms with van der Waals surface area (Å²) in [6.07, 6.45) is 1.91. The zero-order valence-corrected chi connectivity index (χ0v) is 9.16. The van der Waals surface area contributed by atoms with Crippen LogP contribution in [-0.2, 0) is 6.54 Å². The summed E-state index contributed by atoms with van der Waals surface area (Å²) in [5.41, 5.74) is 0.488. The van der Waals surface area contributed by atoms with Gasteiger partial charge in [0.1, 0.15) is 11.6 Å². The zero-order valence-electron chi connectivity index (χ0n) is 8.40. The second-order valence-corrected chi connectivity index (χ2v) is 3.69. The topological polar surface area (TPSA) is 12.0 Å². The fraction of sp³-hybridized carbons (Fsp3) is 0.455. The molecule has 0 saturated carbocycles. The molecule has 0 spiro atoms. The van der Waals surface area contributed by atoms with Crippen molar-refractivity contribution >= 4 is 11.6 Å². The highest BCUT2D eigenvalue weighted by Gasteiger charge is 2.02.